The van der Waals surface area contributed by atoms with Crippen LogP contribution in [0.5, 0.6) is 0 Å². The molecule has 0 saturated heterocycles. The van der Waals surface area contributed by atoms with Gasteiger partial charge in [-0.2, -0.15) is 6.92 Å². The quantitative estimate of drug-likeness (QED) is 0.182. The van der Waals surface area contributed by atoms with Crippen molar-refractivity contribution in [3.8, 4) is 72.6 Å². The first kappa shape index (κ1) is 43.6. The maximum Gasteiger partial charge on any atom is 2.00 e. The molecule has 0 aliphatic carbocycles. The zero-order valence-corrected chi connectivity index (χ0v) is 26.3. The molecule has 0 aromatic heterocycles. The molecule has 2 aromatic rings. The van der Waals surface area contributed by atoms with Crippen LogP contribution in [0.3, 0.4) is 0 Å². The summed E-state index contributed by atoms with van der Waals surface area (Å²) < 4.78 is 9.60. The molecule has 0 radical (unpaired) electrons. The van der Waals surface area contributed by atoms with Crippen molar-refractivity contribution in [1.82, 2.24) is 0 Å². The first-order valence-corrected chi connectivity index (χ1v) is 11.4. The number of aliphatic hydroxyl groups excluding tert-OH is 1. The van der Waals surface area contributed by atoms with Crippen LogP contribution in [0, 0.1) is 93.3 Å². The molecule has 1 N–H and O–H groups in total. The summed E-state index contributed by atoms with van der Waals surface area (Å²) >= 11 is 0. The molecule has 0 aliphatic heterocycles. The number of benzene rings is 2. The summed E-state index contributed by atoms with van der Waals surface area (Å²) in [6.45, 7) is 10.1. The summed E-state index contributed by atoms with van der Waals surface area (Å²) in [7, 11) is 0. The summed E-state index contributed by atoms with van der Waals surface area (Å²) in [5, 5.41) is 9.48. The standard InChI is InChI=1S/C16H14O2.C10H8O.C6H6O.C2H5.BrH.Mg/c1-3-12-18-13-4-5-16(17)11-10-15-8-6-14(2)7-9-15;1-9-4-6-10(7-5-9)3-2-8-11;1-3-5-7-6-4-2;1-2;;/h1,6-9,16-17H,12-13H2,2H3;4-8H,1H3;1-2H,5-6H2;1H2,2H3;1H;/q;;;-1;;+2/p-1. The van der Waals surface area contributed by atoms with E-state index in [-0.39, 0.29) is 53.2 Å². The number of halogens is 1. The Hall–Kier alpha value is -3.40. The van der Waals surface area contributed by atoms with Gasteiger partial charge in [-0.05, 0) is 44.0 Å². The van der Waals surface area contributed by atoms with Gasteiger partial charge in [0.15, 0.2) is 12.4 Å². The Morgan fingerprint density at radius 1 is 0.775 bits per heavy atom. The minimum Gasteiger partial charge on any atom is -1.00 e. The molecular weight excluding hydrogens is 577 g/mol. The smallest absolute Gasteiger partial charge is 1.00 e. The number of hydrogen-bond donors (Lipinski definition) is 1. The van der Waals surface area contributed by atoms with Crippen molar-refractivity contribution in [1.29, 1.82) is 0 Å². The van der Waals surface area contributed by atoms with Gasteiger partial charge < -0.3 is 38.5 Å². The Morgan fingerprint density at radius 2 is 1.18 bits per heavy atom. The Labute approximate surface area is 267 Å². The second-order valence-corrected chi connectivity index (χ2v) is 6.71. The third kappa shape index (κ3) is 29.2. The molecular formula is C34H33BrMgO4. The van der Waals surface area contributed by atoms with Crippen molar-refractivity contribution in [2.45, 2.75) is 26.9 Å². The minimum atomic E-state index is -0.972. The molecule has 2 aromatic carbocycles. The summed E-state index contributed by atoms with van der Waals surface area (Å²) in [6.07, 6.45) is 14.3. The zero-order valence-electron chi connectivity index (χ0n) is 23.3. The number of rotatable bonds is 4. The van der Waals surface area contributed by atoms with Gasteiger partial charge in [-0.3, -0.25) is 4.79 Å². The molecule has 4 nitrogen and oxygen atoms in total. The number of carbonyl (C=O) groups is 1. The molecule has 0 fully saturated rings. The Kier molecular flexibility index (Phi) is 36.7. The molecule has 202 valence electrons. The average molecular weight is 610 g/mol. The largest absolute Gasteiger partial charge is 2.00 e. The molecule has 0 saturated carbocycles. The van der Waals surface area contributed by atoms with Crippen LogP contribution in [-0.4, -0.2) is 67.0 Å². The molecule has 1 atom stereocenters. The third-order valence-corrected chi connectivity index (χ3v) is 3.70. The number of aliphatic hydroxyl groups is 1. The average Bonchev–Trinajstić information content (AvgIpc) is 2.94. The maximum atomic E-state index is 9.87. The Morgan fingerprint density at radius 3 is 1.57 bits per heavy atom. The van der Waals surface area contributed by atoms with Crippen LogP contribution in [0.2, 0.25) is 0 Å². The molecule has 0 heterocycles. The van der Waals surface area contributed by atoms with Crippen LogP contribution in [0.25, 0.3) is 0 Å². The van der Waals surface area contributed by atoms with Gasteiger partial charge in [0.25, 0.3) is 0 Å². The van der Waals surface area contributed by atoms with Crippen molar-refractivity contribution in [3.63, 3.8) is 0 Å². The van der Waals surface area contributed by atoms with Crippen LogP contribution >= 0.6 is 0 Å². The van der Waals surface area contributed by atoms with E-state index in [9.17, 15) is 9.90 Å². The second-order valence-electron chi connectivity index (χ2n) is 6.71. The van der Waals surface area contributed by atoms with Crippen molar-refractivity contribution in [3.05, 3.63) is 77.7 Å². The normalized spacial score (nSPS) is 8.15. The van der Waals surface area contributed by atoms with Crippen LogP contribution in [0.15, 0.2) is 48.5 Å². The molecule has 0 amide bonds. The molecule has 0 bridgehead atoms. The summed E-state index contributed by atoms with van der Waals surface area (Å²) in [6, 6.07) is 15.5. The van der Waals surface area contributed by atoms with E-state index in [4.69, 9.17) is 24.0 Å². The number of hydrogen-bond acceptors (Lipinski definition) is 4. The predicted octanol–water partition coefficient (Wildman–Crippen LogP) is 0.639. The van der Waals surface area contributed by atoms with Crippen molar-refractivity contribution in [2.75, 3.05) is 26.4 Å². The predicted molar refractivity (Wildman–Crippen MR) is 161 cm³/mol. The van der Waals surface area contributed by atoms with Crippen molar-refractivity contribution < 1.29 is 36.4 Å². The van der Waals surface area contributed by atoms with Crippen LogP contribution in [-0.2, 0) is 14.3 Å². The van der Waals surface area contributed by atoms with Gasteiger partial charge in [0.1, 0.15) is 26.4 Å². The van der Waals surface area contributed by atoms with Crippen LogP contribution in [0.1, 0.15) is 29.2 Å². The summed E-state index contributed by atoms with van der Waals surface area (Å²) in [4.78, 5) is 9.87. The van der Waals surface area contributed by atoms with Gasteiger partial charge in [0.2, 0.25) is 0 Å². The van der Waals surface area contributed by atoms with Crippen LogP contribution < -0.4 is 17.0 Å². The fraction of sp³-hybridized carbons (Fsp3) is 0.235. The van der Waals surface area contributed by atoms with E-state index in [1.54, 1.807) is 6.92 Å². The van der Waals surface area contributed by atoms with Crippen molar-refractivity contribution in [2.24, 2.45) is 0 Å². The minimum absolute atomic E-state index is 0. The SMILES string of the molecule is C#CCOCC#C.C#CCOCC#CC(O)C#Cc1ccc(C)cc1.Cc1ccc(C#CC=O)cc1.[Br-].[CH2-]C.[Mg+2]. The van der Waals surface area contributed by atoms with E-state index in [1.165, 1.54) is 11.1 Å². The number of terminal acetylenes is 3. The number of ether oxygens (including phenoxy) is 2. The van der Waals surface area contributed by atoms with Gasteiger partial charge >= 0.3 is 23.1 Å². The van der Waals surface area contributed by atoms with Gasteiger partial charge in [0.05, 0.1) is 0 Å². The Bertz CT molecular complexity index is 1210. The van der Waals surface area contributed by atoms with E-state index >= 15 is 0 Å². The molecule has 40 heavy (non-hydrogen) atoms. The van der Waals surface area contributed by atoms with E-state index in [0.717, 1.165) is 11.1 Å². The number of carbonyl (C=O) groups excluding carboxylic acids is 1. The monoisotopic (exact) mass is 608 g/mol. The third-order valence-electron chi connectivity index (χ3n) is 3.70. The zero-order chi connectivity index (χ0) is 28.9. The fourth-order valence-electron chi connectivity index (χ4n) is 2.04. The Balaban J connectivity index is -0.000000253. The summed E-state index contributed by atoms with van der Waals surface area (Å²) in [5.41, 5.74) is 4.10. The van der Waals surface area contributed by atoms with E-state index in [1.807, 2.05) is 62.4 Å². The topological polar surface area (TPSA) is 55.8 Å². The molecule has 0 aliphatic rings. The maximum absolute atomic E-state index is 9.87. The first-order valence-electron chi connectivity index (χ1n) is 11.4. The number of aldehydes is 1. The fourth-order valence-corrected chi connectivity index (χ4v) is 2.04. The van der Waals surface area contributed by atoms with Crippen molar-refractivity contribution >= 4 is 29.3 Å². The van der Waals surface area contributed by atoms with E-state index < -0.39 is 6.10 Å². The molecule has 0 spiro atoms. The number of aryl methyl sites for hydroxylation is 2. The van der Waals surface area contributed by atoms with E-state index in [0.29, 0.717) is 19.5 Å². The molecule has 2 rings (SSSR count). The summed E-state index contributed by atoms with van der Waals surface area (Å²) in [5.74, 6) is 22.7. The van der Waals surface area contributed by atoms with Gasteiger partial charge in [-0.1, -0.05) is 82.8 Å². The second kappa shape index (κ2) is 33.6. The first-order chi connectivity index (χ1) is 18.5. The molecule has 6 heteroatoms. The van der Waals surface area contributed by atoms with Gasteiger partial charge in [-0.25, -0.2) is 0 Å². The van der Waals surface area contributed by atoms with Gasteiger partial charge in [-0.15, -0.1) is 19.3 Å². The van der Waals surface area contributed by atoms with Gasteiger partial charge in [0, 0.05) is 11.1 Å². The molecule has 1 unspecified atom stereocenters. The van der Waals surface area contributed by atoms with E-state index in [2.05, 4.69) is 64.9 Å². The van der Waals surface area contributed by atoms with Crippen LogP contribution in [0.4, 0.5) is 0 Å².